The standard InChI is InChI=1S/C16H20N2S/c1-9-5-14(18)12(4)16(6-9)19-15-8-10(2)13(17)7-11(15)3/h5-8H,17-18H2,1-4H3. The summed E-state index contributed by atoms with van der Waals surface area (Å²) < 4.78 is 0. The average molecular weight is 272 g/mol. The van der Waals surface area contributed by atoms with E-state index in [1.54, 1.807) is 11.8 Å². The predicted octanol–water partition coefficient (Wildman–Crippen LogP) is 4.24. The first kappa shape index (κ1) is 13.8. The number of rotatable bonds is 2. The minimum absolute atomic E-state index is 0.849. The first-order chi connectivity index (χ1) is 8.88. The van der Waals surface area contributed by atoms with Gasteiger partial charge in [-0.3, -0.25) is 0 Å². The molecule has 0 fully saturated rings. The topological polar surface area (TPSA) is 52.0 Å². The Balaban J connectivity index is 2.44. The van der Waals surface area contributed by atoms with Crippen molar-refractivity contribution in [2.24, 2.45) is 0 Å². The van der Waals surface area contributed by atoms with Crippen LogP contribution in [0.4, 0.5) is 11.4 Å². The Hall–Kier alpha value is -1.61. The highest BCUT2D eigenvalue weighted by Crippen LogP contribution is 2.36. The Kier molecular flexibility index (Phi) is 3.76. The molecule has 0 amide bonds. The second-order valence-electron chi connectivity index (χ2n) is 5.05. The van der Waals surface area contributed by atoms with Gasteiger partial charge in [-0.2, -0.15) is 0 Å². The monoisotopic (exact) mass is 272 g/mol. The lowest BCUT2D eigenvalue weighted by molar-refractivity contribution is 1.23. The van der Waals surface area contributed by atoms with Crippen LogP contribution in [0.15, 0.2) is 34.1 Å². The molecular formula is C16H20N2S. The van der Waals surface area contributed by atoms with Gasteiger partial charge in [0.25, 0.3) is 0 Å². The quantitative estimate of drug-likeness (QED) is 0.804. The molecule has 2 rings (SSSR count). The van der Waals surface area contributed by atoms with Crippen LogP contribution in [0.2, 0.25) is 0 Å². The van der Waals surface area contributed by atoms with Gasteiger partial charge in [0.05, 0.1) is 0 Å². The molecule has 0 heterocycles. The highest BCUT2D eigenvalue weighted by Gasteiger charge is 2.08. The van der Waals surface area contributed by atoms with Crippen molar-refractivity contribution in [2.45, 2.75) is 37.5 Å². The predicted molar refractivity (Wildman–Crippen MR) is 84.8 cm³/mol. The van der Waals surface area contributed by atoms with Crippen molar-refractivity contribution in [1.82, 2.24) is 0 Å². The second kappa shape index (κ2) is 5.17. The van der Waals surface area contributed by atoms with Crippen LogP contribution in [0.25, 0.3) is 0 Å². The number of anilines is 2. The van der Waals surface area contributed by atoms with Gasteiger partial charge in [-0.1, -0.05) is 11.8 Å². The van der Waals surface area contributed by atoms with E-state index in [4.69, 9.17) is 11.5 Å². The van der Waals surface area contributed by atoms with Crippen molar-refractivity contribution in [1.29, 1.82) is 0 Å². The molecule has 0 atom stereocenters. The molecule has 0 aliphatic rings. The van der Waals surface area contributed by atoms with Crippen molar-refractivity contribution in [3.05, 3.63) is 46.5 Å². The molecule has 0 aliphatic heterocycles. The normalized spacial score (nSPS) is 10.7. The molecule has 0 spiro atoms. The smallest absolute Gasteiger partial charge is 0.0357 e. The lowest BCUT2D eigenvalue weighted by Crippen LogP contribution is -1.95. The molecule has 0 aliphatic carbocycles. The molecule has 4 N–H and O–H groups in total. The maximum absolute atomic E-state index is 6.03. The Morgan fingerprint density at radius 2 is 1.42 bits per heavy atom. The van der Waals surface area contributed by atoms with Gasteiger partial charge in [0.2, 0.25) is 0 Å². The lowest BCUT2D eigenvalue weighted by Gasteiger charge is -2.13. The van der Waals surface area contributed by atoms with Crippen LogP contribution in [0.3, 0.4) is 0 Å². The molecule has 0 saturated carbocycles. The van der Waals surface area contributed by atoms with E-state index in [0.29, 0.717) is 0 Å². The van der Waals surface area contributed by atoms with E-state index in [9.17, 15) is 0 Å². The van der Waals surface area contributed by atoms with Crippen molar-refractivity contribution < 1.29 is 0 Å². The SMILES string of the molecule is Cc1cc(N)c(C)c(Sc2cc(C)c(N)cc2C)c1. The lowest BCUT2D eigenvalue weighted by atomic mass is 10.1. The molecule has 0 radical (unpaired) electrons. The van der Waals surface area contributed by atoms with Gasteiger partial charge in [-0.25, -0.2) is 0 Å². The van der Waals surface area contributed by atoms with Crippen LogP contribution in [-0.2, 0) is 0 Å². The van der Waals surface area contributed by atoms with E-state index >= 15 is 0 Å². The number of hydrogen-bond acceptors (Lipinski definition) is 3. The number of hydrogen-bond donors (Lipinski definition) is 2. The van der Waals surface area contributed by atoms with Crippen LogP contribution < -0.4 is 11.5 Å². The fourth-order valence-electron chi connectivity index (χ4n) is 2.00. The summed E-state index contributed by atoms with van der Waals surface area (Å²) in [5, 5.41) is 0. The van der Waals surface area contributed by atoms with Crippen molar-refractivity contribution in [3.63, 3.8) is 0 Å². The van der Waals surface area contributed by atoms with Gasteiger partial charge in [-0.05, 0) is 74.2 Å². The molecule has 0 saturated heterocycles. The summed E-state index contributed by atoms with van der Waals surface area (Å²) in [6.45, 7) is 8.26. The molecular weight excluding hydrogens is 252 g/mol. The van der Waals surface area contributed by atoms with E-state index in [0.717, 1.165) is 22.5 Å². The third-order valence-electron chi connectivity index (χ3n) is 3.33. The molecule has 2 nitrogen and oxygen atoms in total. The Labute approximate surface area is 119 Å². The fourth-order valence-corrected chi connectivity index (χ4v) is 3.21. The number of benzene rings is 2. The molecule has 2 aromatic rings. The van der Waals surface area contributed by atoms with Crippen LogP contribution in [0, 0.1) is 27.7 Å². The number of nitrogen functional groups attached to an aromatic ring is 2. The number of aryl methyl sites for hydroxylation is 3. The van der Waals surface area contributed by atoms with Gasteiger partial charge >= 0.3 is 0 Å². The van der Waals surface area contributed by atoms with Crippen molar-refractivity contribution in [3.8, 4) is 0 Å². The van der Waals surface area contributed by atoms with Gasteiger partial charge in [0.1, 0.15) is 0 Å². The van der Waals surface area contributed by atoms with Gasteiger partial charge in [0, 0.05) is 21.2 Å². The maximum Gasteiger partial charge on any atom is 0.0357 e. The van der Waals surface area contributed by atoms with Gasteiger partial charge in [-0.15, -0.1) is 0 Å². The van der Waals surface area contributed by atoms with E-state index in [1.165, 1.54) is 20.9 Å². The number of nitrogens with two attached hydrogens (primary N) is 2. The Morgan fingerprint density at radius 3 is 2.11 bits per heavy atom. The summed E-state index contributed by atoms with van der Waals surface area (Å²) in [5.74, 6) is 0. The van der Waals surface area contributed by atoms with Crippen LogP contribution in [0.1, 0.15) is 22.3 Å². The van der Waals surface area contributed by atoms with Crippen LogP contribution in [-0.4, -0.2) is 0 Å². The Morgan fingerprint density at radius 1 is 0.737 bits per heavy atom. The van der Waals surface area contributed by atoms with Gasteiger partial charge in [0.15, 0.2) is 0 Å². The van der Waals surface area contributed by atoms with Gasteiger partial charge < -0.3 is 11.5 Å². The van der Waals surface area contributed by atoms with Crippen molar-refractivity contribution >= 4 is 23.1 Å². The zero-order valence-corrected chi connectivity index (χ0v) is 12.7. The van der Waals surface area contributed by atoms with E-state index in [-0.39, 0.29) is 0 Å². The fraction of sp³-hybridized carbons (Fsp3) is 0.250. The average Bonchev–Trinajstić information content (AvgIpc) is 2.32. The minimum Gasteiger partial charge on any atom is -0.399 e. The summed E-state index contributed by atoms with van der Waals surface area (Å²) in [5.41, 5.74) is 18.3. The highest BCUT2D eigenvalue weighted by molar-refractivity contribution is 7.99. The maximum atomic E-state index is 6.03. The van der Waals surface area contributed by atoms with Crippen LogP contribution in [0.5, 0.6) is 0 Å². The first-order valence-corrected chi connectivity index (χ1v) is 7.11. The highest BCUT2D eigenvalue weighted by atomic mass is 32.2. The molecule has 100 valence electrons. The molecule has 0 bridgehead atoms. The zero-order valence-electron chi connectivity index (χ0n) is 11.9. The van der Waals surface area contributed by atoms with E-state index < -0.39 is 0 Å². The minimum atomic E-state index is 0.849. The third-order valence-corrected chi connectivity index (χ3v) is 4.63. The summed E-state index contributed by atoms with van der Waals surface area (Å²) in [7, 11) is 0. The largest absolute Gasteiger partial charge is 0.399 e. The summed E-state index contributed by atoms with van der Waals surface area (Å²) in [6, 6.07) is 8.38. The third kappa shape index (κ3) is 2.87. The second-order valence-corrected chi connectivity index (χ2v) is 6.14. The molecule has 19 heavy (non-hydrogen) atoms. The zero-order chi connectivity index (χ0) is 14.2. The van der Waals surface area contributed by atoms with E-state index in [1.807, 2.05) is 19.1 Å². The van der Waals surface area contributed by atoms with Crippen LogP contribution >= 0.6 is 11.8 Å². The van der Waals surface area contributed by atoms with Crippen molar-refractivity contribution in [2.75, 3.05) is 11.5 Å². The molecule has 0 unspecified atom stereocenters. The first-order valence-electron chi connectivity index (χ1n) is 6.29. The van der Waals surface area contributed by atoms with E-state index in [2.05, 4.69) is 32.9 Å². The summed E-state index contributed by atoms with van der Waals surface area (Å²) in [4.78, 5) is 2.45. The molecule has 0 aromatic heterocycles. The molecule has 3 heteroatoms. The molecule has 2 aromatic carbocycles. The summed E-state index contributed by atoms with van der Waals surface area (Å²) >= 11 is 1.76. The Bertz CT molecular complexity index is 633. The summed E-state index contributed by atoms with van der Waals surface area (Å²) in [6.07, 6.45) is 0.